The SMILES string of the molecule is CC(C)n1cc(S(=O)(=O)N2CCNCC2)cc1C(=O)O. The van der Waals surface area contributed by atoms with Crippen LogP contribution >= 0.6 is 0 Å². The Kier molecular flexibility index (Phi) is 4.17. The summed E-state index contributed by atoms with van der Waals surface area (Å²) in [7, 11) is -3.62. The lowest BCUT2D eigenvalue weighted by atomic mass is 10.3. The zero-order chi connectivity index (χ0) is 14.9. The summed E-state index contributed by atoms with van der Waals surface area (Å²) >= 11 is 0. The van der Waals surface area contributed by atoms with Gasteiger partial charge in [0.1, 0.15) is 10.6 Å². The van der Waals surface area contributed by atoms with E-state index in [1.165, 1.54) is 21.1 Å². The average molecular weight is 301 g/mol. The molecule has 0 spiro atoms. The first-order valence-corrected chi connectivity index (χ1v) is 7.94. The van der Waals surface area contributed by atoms with Gasteiger partial charge in [0.2, 0.25) is 10.0 Å². The zero-order valence-electron chi connectivity index (χ0n) is 11.5. The molecule has 20 heavy (non-hydrogen) atoms. The van der Waals surface area contributed by atoms with Gasteiger partial charge < -0.3 is 15.0 Å². The first-order valence-electron chi connectivity index (χ1n) is 6.50. The van der Waals surface area contributed by atoms with E-state index in [1.807, 2.05) is 13.8 Å². The van der Waals surface area contributed by atoms with Crippen LogP contribution < -0.4 is 5.32 Å². The van der Waals surface area contributed by atoms with Crippen LogP contribution in [0.15, 0.2) is 17.2 Å². The number of carbonyl (C=O) groups is 1. The summed E-state index contributed by atoms with van der Waals surface area (Å²) in [5, 5.41) is 12.3. The fraction of sp³-hybridized carbons (Fsp3) is 0.583. The molecule has 0 radical (unpaired) electrons. The average Bonchev–Trinajstić information content (AvgIpc) is 2.85. The minimum atomic E-state index is -3.62. The summed E-state index contributed by atoms with van der Waals surface area (Å²) in [4.78, 5) is 11.3. The van der Waals surface area contributed by atoms with Gasteiger partial charge in [-0.3, -0.25) is 0 Å². The van der Waals surface area contributed by atoms with Crippen LogP contribution in [0.1, 0.15) is 30.4 Å². The number of rotatable bonds is 4. The van der Waals surface area contributed by atoms with Gasteiger partial charge in [-0.1, -0.05) is 0 Å². The Balaban J connectivity index is 2.41. The van der Waals surface area contributed by atoms with Crippen molar-refractivity contribution in [3.8, 4) is 0 Å². The largest absolute Gasteiger partial charge is 0.477 e. The molecule has 7 nitrogen and oxygen atoms in total. The quantitative estimate of drug-likeness (QED) is 0.838. The summed E-state index contributed by atoms with van der Waals surface area (Å²) in [6, 6.07) is 1.12. The van der Waals surface area contributed by atoms with Gasteiger partial charge in [-0.05, 0) is 19.9 Å². The number of nitrogens with zero attached hydrogens (tertiary/aromatic N) is 2. The number of carboxylic acid groups (broad SMARTS) is 1. The Morgan fingerprint density at radius 3 is 2.40 bits per heavy atom. The van der Waals surface area contributed by atoms with E-state index in [1.54, 1.807) is 0 Å². The van der Waals surface area contributed by atoms with E-state index in [0.717, 1.165) is 0 Å². The van der Waals surface area contributed by atoms with Crippen LogP contribution in [0, 0.1) is 0 Å². The van der Waals surface area contributed by atoms with E-state index in [2.05, 4.69) is 5.32 Å². The molecule has 2 heterocycles. The highest BCUT2D eigenvalue weighted by Crippen LogP contribution is 2.22. The van der Waals surface area contributed by atoms with Crippen molar-refractivity contribution in [3.05, 3.63) is 18.0 Å². The lowest BCUT2D eigenvalue weighted by Gasteiger charge is -2.26. The molecule has 1 aliphatic heterocycles. The van der Waals surface area contributed by atoms with Gasteiger partial charge >= 0.3 is 5.97 Å². The molecule has 1 aromatic heterocycles. The first kappa shape index (κ1) is 15.0. The summed E-state index contributed by atoms with van der Waals surface area (Å²) in [5.74, 6) is -1.12. The lowest BCUT2D eigenvalue weighted by molar-refractivity contribution is 0.0683. The smallest absolute Gasteiger partial charge is 0.352 e. The van der Waals surface area contributed by atoms with E-state index in [-0.39, 0.29) is 16.6 Å². The molecular formula is C12H19N3O4S. The Hall–Kier alpha value is -1.38. The fourth-order valence-corrected chi connectivity index (χ4v) is 3.70. The summed E-state index contributed by atoms with van der Waals surface area (Å²) in [6.07, 6.45) is 1.41. The maximum Gasteiger partial charge on any atom is 0.352 e. The highest BCUT2D eigenvalue weighted by molar-refractivity contribution is 7.89. The summed E-state index contributed by atoms with van der Waals surface area (Å²) in [6.45, 7) is 5.64. The number of hydrogen-bond acceptors (Lipinski definition) is 4. The minimum absolute atomic E-state index is 0.00582. The van der Waals surface area contributed by atoms with Crippen molar-refractivity contribution in [1.82, 2.24) is 14.2 Å². The zero-order valence-corrected chi connectivity index (χ0v) is 12.4. The number of sulfonamides is 1. The number of aromatic nitrogens is 1. The van der Waals surface area contributed by atoms with Crippen molar-refractivity contribution in [2.75, 3.05) is 26.2 Å². The molecule has 112 valence electrons. The van der Waals surface area contributed by atoms with Gasteiger partial charge in [-0.25, -0.2) is 13.2 Å². The molecule has 0 bridgehead atoms. The van der Waals surface area contributed by atoms with Crippen LogP contribution in [-0.4, -0.2) is 54.5 Å². The van der Waals surface area contributed by atoms with Crippen molar-refractivity contribution in [2.45, 2.75) is 24.8 Å². The van der Waals surface area contributed by atoms with E-state index in [0.29, 0.717) is 26.2 Å². The Morgan fingerprint density at radius 1 is 1.35 bits per heavy atom. The van der Waals surface area contributed by atoms with E-state index in [9.17, 15) is 13.2 Å². The molecule has 0 amide bonds. The van der Waals surface area contributed by atoms with Crippen LogP contribution in [0.25, 0.3) is 0 Å². The molecule has 0 aliphatic carbocycles. The third-order valence-corrected chi connectivity index (χ3v) is 5.18. The predicted molar refractivity (Wildman–Crippen MR) is 73.4 cm³/mol. The predicted octanol–water partition coefficient (Wildman–Crippen LogP) is 0.361. The second-order valence-corrected chi connectivity index (χ2v) is 6.96. The molecule has 8 heteroatoms. The second kappa shape index (κ2) is 5.55. The highest BCUT2D eigenvalue weighted by Gasteiger charge is 2.29. The maximum absolute atomic E-state index is 12.5. The number of nitrogens with one attached hydrogen (secondary N) is 1. The van der Waals surface area contributed by atoms with Gasteiger partial charge in [0.25, 0.3) is 0 Å². The highest BCUT2D eigenvalue weighted by atomic mass is 32.2. The number of piperazine rings is 1. The van der Waals surface area contributed by atoms with Crippen LogP contribution in [0.4, 0.5) is 0 Å². The molecule has 0 unspecified atom stereocenters. The molecule has 1 saturated heterocycles. The van der Waals surface area contributed by atoms with Crippen LogP contribution in [0.5, 0.6) is 0 Å². The van der Waals surface area contributed by atoms with E-state index < -0.39 is 16.0 Å². The van der Waals surface area contributed by atoms with E-state index in [4.69, 9.17) is 5.11 Å². The molecule has 2 N–H and O–H groups in total. The topological polar surface area (TPSA) is 91.6 Å². The van der Waals surface area contributed by atoms with Gasteiger partial charge in [0.15, 0.2) is 0 Å². The molecule has 1 aliphatic rings. The molecule has 1 aromatic rings. The lowest BCUT2D eigenvalue weighted by Crippen LogP contribution is -2.46. The van der Waals surface area contributed by atoms with Crippen molar-refractivity contribution in [1.29, 1.82) is 0 Å². The monoisotopic (exact) mass is 301 g/mol. The number of hydrogen-bond donors (Lipinski definition) is 2. The Morgan fingerprint density at radius 2 is 1.95 bits per heavy atom. The molecule has 0 atom stereocenters. The normalized spacial score (nSPS) is 17.6. The van der Waals surface area contributed by atoms with Crippen molar-refractivity contribution >= 4 is 16.0 Å². The third kappa shape index (κ3) is 2.72. The molecule has 2 rings (SSSR count). The van der Waals surface area contributed by atoms with Crippen LogP contribution in [-0.2, 0) is 10.0 Å². The van der Waals surface area contributed by atoms with Crippen molar-refractivity contribution in [2.24, 2.45) is 0 Å². The summed E-state index contributed by atoms with van der Waals surface area (Å²) in [5.41, 5.74) is -0.00582. The summed E-state index contributed by atoms with van der Waals surface area (Å²) < 4.78 is 27.8. The van der Waals surface area contributed by atoms with Gasteiger partial charge in [-0.15, -0.1) is 0 Å². The molecule has 1 fully saturated rings. The molecular weight excluding hydrogens is 282 g/mol. The number of carboxylic acids is 1. The second-order valence-electron chi connectivity index (χ2n) is 5.02. The van der Waals surface area contributed by atoms with Crippen molar-refractivity contribution in [3.63, 3.8) is 0 Å². The maximum atomic E-state index is 12.5. The Bertz CT molecular complexity index is 600. The van der Waals surface area contributed by atoms with Crippen LogP contribution in [0.3, 0.4) is 0 Å². The van der Waals surface area contributed by atoms with Crippen LogP contribution in [0.2, 0.25) is 0 Å². The fourth-order valence-electron chi connectivity index (χ4n) is 2.23. The molecule has 0 saturated carbocycles. The Labute approximate surface area is 118 Å². The van der Waals surface area contributed by atoms with Gasteiger partial charge in [0.05, 0.1) is 0 Å². The van der Waals surface area contributed by atoms with Gasteiger partial charge in [-0.2, -0.15) is 4.31 Å². The number of aromatic carboxylic acids is 1. The van der Waals surface area contributed by atoms with Gasteiger partial charge in [0, 0.05) is 38.4 Å². The van der Waals surface area contributed by atoms with E-state index >= 15 is 0 Å². The minimum Gasteiger partial charge on any atom is -0.477 e. The third-order valence-electron chi connectivity index (χ3n) is 3.31. The molecule has 0 aromatic carbocycles. The van der Waals surface area contributed by atoms with Crippen molar-refractivity contribution < 1.29 is 18.3 Å². The standard InChI is InChI=1S/C12H19N3O4S/c1-9(2)15-8-10(7-11(15)12(16)17)20(18,19)14-5-3-13-4-6-14/h7-9,13H,3-6H2,1-2H3,(H,16,17). The first-order chi connectivity index (χ1) is 9.34.